The highest BCUT2D eigenvalue weighted by molar-refractivity contribution is 6.11. The van der Waals surface area contributed by atoms with Crippen LogP contribution in [-0.4, -0.2) is 9.13 Å². The Morgan fingerprint density at radius 3 is 1.69 bits per heavy atom. The average Bonchev–Trinajstić information content (AvgIpc) is 3.65. The smallest absolute Gasteiger partial charge is 0.188 e. The van der Waals surface area contributed by atoms with E-state index in [4.69, 9.17) is 6.57 Å². The van der Waals surface area contributed by atoms with E-state index in [1.807, 2.05) is 6.07 Å². The Kier molecular flexibility index (Phi) is 7.54. The SMILES string of the molecule is [C-]#[N+]c1ccc2c(c1)c1cc(CCn3c4ccc(C5CCCCC5)cc4c4cc(C5CCCCC5)ccc43)ccc1n2-c1ccccc1. The number of benzene rings is 5. The van der Waals surface area contributed by atoms with Crippen LogP contribution in [0.4, 0.5) is 5.69 Å². The lowest BCUT2D eigenvalue weighted by molar-refractivity contribution is 0.444. The topological polar surface area (TPSA) is 14.2 Å². The van der Waals surface area contributed by atoms with Crippen LogP contribution in [0.1, 0.15) is 92.7 Å². The van der Waals surface area contributed by atoms with E-state index < -0.39 is 0 Å². The maximum absolute atomic E-state index is 7.68. The summed E-state index contributed by atoms with van der Waals surface area (Å²) in [4.78, 5) is 3.77. The van der Waals surface area contributed by atoms with E-state index in [9.17, 15) is 0 Å². The zero-order valence-corrected chi connectivity index (χ0v) is 27.8. The number of hydrogen-bond donors (Lipinski definition) is 0. The molecule has 7 aromatic rings. The van der Waals surface area contributed by atoms with Gasteiger partial charge in [0.1, 0.15) is 0 Å². The van der Waals surface area contributed by atoms with Crippen molar-refractivity contribution in [1.82, 2.24) is 9.13 Å². The molecule has 0 radical (unpaired) electrons. The normalized spacial score (nSPS) is 16.3. The Hall–Kier alpha value is -4.81. The maximum Gasteiger partial charge on any atom is 0.188 e. The van der Waals surface area contributed by atoms with Gasteiger partial charge in [0, 0.05) is 39.4 Å². The predicted octanol–water partition coefficient (Wildman–Crippen LogP) is 12.8. The molecule has 2 aliphatic rings. The summed E-state index contributed by atoms with van der Waals surface area (Å²) in [6, 6.07) is 38.5. The molecule has 3 nitrogen and oxygen atoms in total. The molecule has 2 aromatic heterocycles. The predicted molar refractivity (Wildman–Crippen MR) is 202 cm³/mol. The van der Waals surface area contributed by atoms with Crippen LogP contribution in [0.2, 0.25) is 0 Å². The van der Waals surface area contributed by atoms with Gasteiger partial charge in [0.15, 0.2) is 5.69 Å². The third-order valence-corrected chi connectivity index (χ3v) is 11.6. The van der Waals surface area contributed by atoms with Crippen LogP contribution < -0.4 is 0 Å². The minimum atomic E-state index is 0.686. The number of rotatable bonds is 6. The van der Waals surface area contributed by atoms with Gasteiger partial charge < -0.3 is 9.13 Å². The summed E-state index contributed by atoms with van der Waals surface area (Å²) in [7, 11) is 0. The van der Waals surface area contributed by atoms with E-state index >= 15 is 0 Å². The van der Waals surface area contributed by atoms with Crippen molar-refractivity contribution >= 4 is 49.3 Å². The number of hydrogen-bond acceptors (Lipinski definition) is 0. The summed E-state index contributed by atoms with van der Waals surface area (Å²) in [5.74, 6) is 1.41. The van der Waals surface area contributed by atoms with Gasteiger partial charge in [-0.25, -0.2) is 4.85 Å². The standard InChI is InChI=1S/C45H43N3/c1-46-36-20-24-45-41(30-36)38-27-31(17-21-44(38)48(45)37-15-9-4-10-16-37)25-26-47-42-22-18-34(32-11-5-2-6-12-32)28-39(42)40-29-35(19-23-43(40)47)33-13-7-3-8-14-33/h4,9-10,15-24,27-30,32-33H,2-3,5-8,11-14,25-26H2. The van der Waals surface area contributed by atoms with Gasteiger partial charge in [-0.1, -0.05) is 81.0 Å². The zero-order valence-electron chi connectivity index (χ0n) is 27.8. The van der Waals surface area contributed by atoms with Crippen LogP contribution in [0, 0.1) is 6.57 Å². The maximum atomic E-state index is 7.68. The van der Waals surface area contributed by atoms with Gasteiger partial charge in [0.05, 0.1) is 17.6 Å². The van der Waals surface area contributed by atoms with Gasteiger partial charge in [-0.05, 0) is 127 Å². The van der Waals surface area contributed by atoms with Crippen LogP contribution in [0.3, 0.4) is 0 Å². The van der Waals surface area contributed by atoms with Crippen molar-refractivity contribution in [3.05, 3.63) is 131 Å². The third kappa shape index (κ3) is 5.10. The third-order valence-electron chi connectivity index (χ3n) is 11.6. The summed E-state index contributed by atoms with van der Waals surface area (Å²) in [6.07, 6.45) is 14.5. The van der Waals surface area contributed by atoms with Crippen molar-refractivity contribution in [2.75, 3.05) is 0 Å². The van der Waals surface area contributed by atoms with Gasteiger partial charge in [-0.2, -0.15) is 0 Å². The van der Waals surface area contributed by atoms with Crippen molar-refractivity contribution in [3.63, 3.8) is 0 Å². The number of aromatic nitrogens is 2. The highest BCUT2D eigenvalue weighted by Crippen LogP contribution is 2.40. The van der Waals surface area contributed by atoms with Crippen LogP contribution >= 0.6 is 0 Å². The molecular formula is C45H43N3. The lowest BCUT2D eigenvalue weighted by Crippen LogP contribution is -2.05. The summed E-state index contributed by atoms with van der Waals surface area (Å²) in [5.41, 5.74) is 11.3. The van der Waals surface area contributed by atoms with Gasteiger partial charge >= 0.3 is 0 Å². The highest BCUT2D eigenvalue weighted by Gasteiger charge is 2.21. The average molecular weight is 626 g/mol. The Morgan fingerprint density at radius 1 is 0.542 bits per heavy atom. The fraction of sp³-hybridized carbons (Fsp3) is 0.311. The van der Waals surface area contributed by atoms with E-state index in [1.54, 1.807) is 11.1 Å². The van der Waals surface area contributed by atoms with Gasteiger partial charge in [0.2, 0.25) is 0 Å². The first-order valence-corrected chi connectivity index (χ1v) is 18.3. The van der Waals surface area contributed by atoms with Crippen LogP contribution in [0.25, 0.3) is 54.1 Å². The number of para-hydroxylation sites is 1. The number of nitrogens with zero attached hydrogens (tertiary/aromatic N) is 3. The quantitative estimate of drug-likeness (QED) is 0.163. The molecule has 0 saturated heterocycles. The molecule has 0 unspecified atom stereocenters. The van der Waals surface area contributed by atoms with Crippen molar-refractivity contribution in [3.8, 4) is 5.69 Å². The van der Waals surface area contributed by atoms with Crippen LogP contribution in [0.5, 0.6) is 0 Å². The van der Waals surface area contributed by atoms with Crippen molar-refractivity contribution in [1.29, 1.82) is 0 Å². The Labute approximate surface area is 283 Å². The molecule has 238 valence electrons. The molecule has 0 bridgehead atoms. The lowest BCUT2D eigenvalue weighted by atomic mass is 9.83. The van der Waals surface area contributed by atoms with E-state index in [2.05, 4.69) is 111 Å². The molecular weight excluding hydrogens is 583 g/mol. The molecule has 2 fully saturated rings. The van der Waals surface area contributed by atoms with Gasteiger partial charge in [0.25, 0.3) is 0 Å². The molecule has 0 spiro atoms. The molecule has 2 saturated carbocycles. The first kappa shape index (κ1) is 29.3. The molecule has 2 heterocycles. The van der Waals surface area contributed by atoms with Crippen LogP contribution in [0.15, 0.2) is 103 Å². The molecule has 2 aliphatic carbocycles. The lowest BCUT2D eigenvalue weighted by Gasteiger charge is -2.22. The zero-order chi connectivity index (χ0) is 32.0. The summed E-state index contributed by atoms with van der Waals surface area (Å²) in [6.45, 7) is 8.61. The van der Waals surface area contributed by atoms with Crippen molar-refractivity contribution in [2.45, 2.75) is 89.0 Å². The Bertz CT molecular complexity index is 2240. The van der Waals surface area contributed by atoms with Crippen molar-refractivity contribution < 1.29 is 0 Å². The molecule has 0 amide bonds. The Morgan fingerprint density at radius 2 is 1.08 bits per heavy atom. The second-order valence-corrected chi connectivity index (χ2v) is 14.5. The van der Waals surface area contributed by atoms with E-state index in [0.29, 0.717) is 17.5 Å². The van der Waals surface area contributed by atoms with Crippen molar-refractivity contribution in [2.24, 2.45) is 0 Å². The molecule has 3 heteroatoms. The molecule has 9 rings (SSSR count). The van der Waals surface area contributed by atoms with E-state index in [0.717, 1.165) is 29.6 Å². The first-order valence-electron chi connectivity index (χ1n) is 18.3. The minimum Gasteiger partial charge on any atom is -0.340 e. The summed E-state index contributed by atoms with van der Waals surface area (Å²) < 4.78 is 4.93. The monoisotopic (exact) mass is 625 g/mol. The molecule has 0 aliphatic heterocycles. The summed E-state index contributed by atoms with van der Waals surface area (Å²) in [5, 5.41) is 5.25. The Balaban J connectivity index is 1.12. The van der Waals surface area contributed by atoms with Gasteiger partial charge in [-0.3, -0.25) is 0 Å². The van der Waals surface area contributed by atoms with Gasteiger partial charge in [-0.15, -0.1) is 0 Å². The molecule has 5 aromatic carbocycles. The second-order valence-electron chi connectivity index (χ2n) is 14.5. The van der Waals surface area contributed by atoms with E-state index in [1.165, 1.54) is 102 Å². The number of fused-ring (bicyclic) bond motifs is 6. The number of aryl methyl sites for hydroxylation is 2. The van der Waals surface area contributed by atoms with E-state index in [-0.39, 0.29) is 0 Å². The van der Waals surface area contributed by atoms with Crippen LogP contribution in [-0.2, 0) is 13.0 Å². The summed E-state index contributed by atoms with van der Waals surface area (Å²) >= 11 is 0. The largest absolute Gasteiger partial charge is 0.340 e. The fourth-order valence-corrected chi connectivity index (χ4v) is 9.14. The molecule has 0 N–H and O–H groups in total. The molecule has 0 atom stereocenters. The molecule has 48 heavy (non-hydrogen) atoms. The highest BCUT2D eigenvalue weighted by atomic mass is 15.0. The first-order chi connectivity index (χ1) is 23.7. The fourth-order valence-electron chi connectivity index (χ4n) is 9.14. The second kappa shape index (κ2) is 12.3. The minimum absolute atomic E-state index is 0.686.